The standard InChI is InChI=1S/C17H9F5O4/c18-9-2-4-13(12(19)6-9)25-10-3-1-8-5-11(16(23)24)15(17(20,21)22)26-14(8)7-10/h1-7,15H,(H,23,24). The first-order valence-corrected chi connectivity index (χ1v) is 7.10. The van der Waals surface area contributed by atoms with Crippen LogP contribution in [0.2, 0.25) is 0 Å². The topological polar surface area (TPSA) is 55.8 Å². The van der Waals surface area contributed by atoms with Crippen molar-refractivity contribution in [3.05, 3.63) is 59.2 Å². The van der Waals surface area contributed by atoms with Gasteiger partial charge in [0.25, 0.3) is 0 Å². The number of carboxylic acids is 1. The maximum atomic E-state index is 13.6. The highest BCUT2D eigenvalue weighted by Gasteiger charge is 2.48. The van der Waals surface area contributed by atoms with E-state index < -0.39 is 35.5 Å². The summed E-state index contributed by atoms with van der Waals surface area (Å²) in [6, 6.07) is 6.18. The van der Waals surface area contributed by atoms with E-state index in [9.17, 15) is 26.7 Å². The van der Waals surface area contributed by atoms with Crippen LogP contribution in [0.15, 0.2) is 42.0 Å². The molecule has 0 saturated carbocycles. The van der Waals surface area contributed by atoms with Crippen LogP contribution in [0.4, 0.5) is 22.0 Å². The molecule has 0 aliphatic carbocycles. The molecule has 9 heteroatoms. The van der Waals surface area contributed by atoms with Crippen LogP contribution in [0.3, 0.4) is 0 Å². The number of benzene rings is 2. The van der Waals surface area contributed by atoms with Crippen LogP contribution in [0, 0.1) is 11.6 Å². The maximum Gasteiger partial charge on any atom is 0.430 e. The highest BCUT2D eigenvalue weighted by Crippen LogP contribution is 2.39. The highest BCUT2D eigenvalue weighted by molar-refractivity contribution is 5.95. The molecule has 1 atom stereocenters. The Morgan fingerprint density at radius 1 is 1.12 bits per heavy atom. The zero-order valence-electron chi connectivity index (χ0n) is 12.7. The van der Waals surface area contributed by atoms with Gasteiger partial charge in [-0.25, -0.2) is 13.6 Å². The number of ether oxygens (including phenoxy) is 2. The van der Waals surface area contributed by atoms with Crippen LogP contribution in [0.1, 0.15) is 5.56 Å². The van der Waals surface area contributed by atoms with Gasteiger partial charge in [0, 0.05) is 17.7 Å². The summed E-state index contributed by atoms with van der Waals surface area (Å²) >= 11 is 0. The van der Waals surface area contributed by atoms with Crippen molar-refractivity contribution in [3.8, 4) is 17.2 Å². The summed E-state index contributed by atoms with van der Waals surface area (Å²) in [5, 5.41) is 8.95. The summed E-state index contributed by atoms with van der Waals surface area (Å²) in [4.78, 5) is 11.0. The summed E-state index contributed by atoms with van der Waals surface area (Å²) in [7, 11) is 0. The van der Waals surface area contributed by atoms with E-state index in [0.717, 1.165) is 24.3 Å². The third-order valence-corrected chi connectivity index (χ3v) is 3.49. The number of carboxylic acid groups (broad SMARTS) is 1. The van der Waals surface area contributed by atoms with Crippen molar-refractivity contribution in [2.45, 2.75) is 12.3 Å². The Bertz CT molecular complexity index is 905. The number of halogens is 5. The van der Waals surface area contributed by atoms with Gasteiger partial charge in [-0.2, -0.15) is 13.2 Å². The first kappa shape index (κ1) is 17.7. The van der Waals surface area contributed by atoms with Gasteiger partial charge in [-0.1, -0.05) is 0 Å². The molecule has 1 unspecified atom stereocenters. The molecule has 2 aromatic carbocycles. The largest absolute Gasteiger partial charge is 0.478 e. The van der Waals surface area contributed by atoms with E-state index in [-0.39, 0.29) is 22.8 Å². The average molecular weight is 372 g/mol. The summed E-state index contributed by atoms with van der Waals surface area (Å²) in [6.45, 7) is 0. The molecular weight excluding hydrogens is 363 g/mol. The van der Waals surface area contributed by atoms with Crippen molar-refractivity contribution in [1.82, 2.24) is 0 Å². The Morgan fingerprint density at radius 3 is 2.46 bits per heavy atom. The summed E-state index contributed by atoms with van der Waals surface area (Å²) in [5.41, 5.74) is -0.863. The SMILES string of the molecule is O=C(O)C1=Cc2ccc(Oc3ccc(F)cc3F)cc2OC1C(F)(F)F. The van der Waals surface area contributed by atoms with Crippen molar-refractivity contribution in [2.75, 3.05) is 0 Å². The molecule has 0 saturated heterocycles. The molecule has 3 rings (SSSR count). The number of rotatable bonds is 3. The molecule has 0 aromatic heterocycles. The number of fused-ring (bicyclic) bond motifs is 1. The van der Waals surface area contributed by atoms with E-state index in [1.165, 1.54) is 12.1 Å². The lowest BCUT2D eigenvalue weighted by Gasteiger charge is -2.27. The summed E-state index contributed by atoms with van der Waals surface area (Å²) in [6.07, 6.45) is -6.74. The van der Waals surface area contributed by atoms with Crippen molar-refractivity contribution in [3.63, 3.8) is 0 Å². The Balaban J connectivity index is 1.95. The van der Waals surface area contributed by atoms with E-state index in [2.05, 4.69) is 0 Å². The number of hydrogen-bond donors (Lipinski definition) is 1. The van der Waals surface area contributed by atoms with Crippen molar-refractivity contribution in [1.29, 1.82) is 0 Å². The van der Waals surface area contributed by atoms with Gasteiger partial charge in [0.05, 0.1) is 5.57 Å². The molecule has 0 fully saturated rings. The molecule has 1 heterocycles. The Morgan fingerprint density at radius 2 is 1.85 bits per heavy atom. The molecule has 4 nitrogen and oxygen atoms in total. The fraction of sp³-hybridized carbons (Fsp3) is 0.118. The van der Waals surface area contributed by atoms with Gasteiger partial charge in [-0.3, -0.25) is 0 Å². The Kier molecular flexibility index (Phi) is 4.31. The van der Waals surface area contributed by atoms with Crippen molar-refractivity contribution in [2.24, 2.45) is 0 Å². The molecule has 1 aliphatic rings. The number of carbonyl (C=O) groups is 1. The van der Waals surface area contributed by atoms with Gasteiger partial charge in [0.15, 0.2) is 11.6 Å². The van der Waals surface area contributed by atoms with Gasteiger partial charge in [0.1, 0.15) is 17.3 Å². The number of aliphatic carboxylic acids is 1. The molecule has 0 bridgehead atoms. The summed E-state index contributed by atoms with van der Waals surface area (Å²) in [5.74, 6) is -4.25. The molecular formula is C17H9F5O4. The lowest BCUT2D eigenvalue weighted by molar-refractivity contribution is -0.187. The predicted octanol–water partition coefficient (Wildman–Crippen LogP) is 4.55. The van der Waals surface area contributed by atoms with Gasteiger partial charge >= 0.3 is 12.1 Å². The minimum atomic E-state index is -4.94. The second-order valence-corrected chi connectivity index (χ2v) is 5.32. The molecule has 136 valence electrons. The van der Waals surface area contributed by atoms with Crippen molar-refractivity contribution < 1.29 is 41.3 Å². The molecule has 2 aromatic rings. The Hall–Kier alpha value is -3.10. The first-order valence-electron chi connectivity index (χ1n) is 7.10. The average Bonchev–Trinajstić information content (AvgIpc) is 2.55. The van der Waals surface area contributed by atoms with E-state index in [1.54, 1.807) is 0 Å². The third-order valence-electron chi connectivity index (χ3n) is 3.49. The fourth-order valence-electron chi connectivity index (χ4n) is 2.34. The maximum absolute atomic E-state index is 13.6. The van der Waals surface area contributed by atoms with Crippen LogP contribution in [-0.4, -0.2) is 23.4 Å². The molecule has 1 aliphatic heterocycles. The van der Waals surface area contributed by atoms with Crippen LogP contribution < -0.4 is 9.47 Å². The fourth-order valence-corrected chi connectivity index (χ4v) is 2.34. The molecule has 0 amide bonds. The number of alkyl halides is 3. The van der Waals surface area contributed by atoms with E-state index >= 15 is 0 Å². The normalized spacial score (nSPS) is 16.3. The van der Waals surface area contributed by atoms with Gasteiger partial charge in [0.2, 0.25) is 6.10 Å². The minimum Gasteiger partial charge on any atom is -0.478 e. The highest BCUT2D eigenvalue weighted by atomic mass is 19.4. The van der Waals surface area contributed by atoms with Crippen LogP contribution >= 0.6 is 0 Å². The lowest BCUT2D eigenvalue weighted by atomic mass is 10.0. The monoisotopic (exact) mass is 372 g/mol. The lowest BCUT2D eigenvalue weighted by Crippen LogP contribution is -2.40. The molecule has 0 radical (unpaired) electrons. The zero-order valence-corrected chi connectivity index (χ0v) is 12.7. The van der Waals surface area contributed by atoms with E-state index in [0.29, 0.717) is 6.07 Å². The second-order valence-electron chi connectivity index (χ2n) is 5.32. The quantitative estimate of drug-likeness (QED) is 0.804. The Labute approximate surface area is 143 Å². The molecule has 0 spiro atoms. The minimum absolute atomic E-state index is 0.0673. The van der Waals surface area contributed by atoms with E-state index in [1.807, 2.05) is 0 Å². The van der Waals surface area contributed by atoms with Crippen LogP contribution in [0.25, 0.3) is 6.08 Å². The zero-order chi connectivity index (χ0) is 19.1. The smallest absolute Gasteiger partial charge is 0.430 e. The van der Waals surface area contributed by atoms with Gasteiger partial charge in [-0.05, 0) is 30.3 Å². The third kappa shape index (κ3) is 3.46. The van der Waals surface area contributed by atoms with Gasteiger partial charge < -0.3 is 14.6 Å². The number of hydrogen-bond acceptors (Lipinski definition) is 3. The first-order chi connectivity index (χ1) is 12.1. The van der Waals surface area contributed by atoms with Gasteiger partial charge in [-0.15, -0.1) is 0 Å². The van der Waals surface area contributed by atoms with Crippen molar-refractivity contribution >= 4 is 12.0 Å². The molecule has 1 N–H and O–H groups in total. The summed E-state index contributed by atoms with van der Waals surface area (Å²) < 4.78 is 75.6. The van der Waals surface area contributed by atoms with Crippen LogP contribution in [-0.2, 0) is 4.79 Å². The molecule has 26 heavy (non-hydrogen) atoms. The second kappa shape index (κ2) is 6.32. The van der Waals surface area contributed by atoms with Crippen LogP contribution in [0.5, 0.6) is 17.2 Å². The predicted molar refractivity (Wildman–Crippen MR) is 79.0 cm³/mol. The van der Waals surface area contributed by atoms with E-state index in [4.69, 9.17) is 14.6 Å².